The first-order valence-corrected chi connectivity index (χ1v) is 7.98. The lowest BCUT2D eigenvalue weighted by Gasteiger charge is -2.36. The second-order valence-electron chi connectivity index (χ2n) is 6.08. The average Bonchev–Trinajstić information content (AvgIpc) is 2.60. The molecule has 1 aliphatic rings. The van der Waals surface area contributed by atoms with Gasteiger partial charge in [-0.25, -0.2) is 4.98 Å². The normalized spacial score (nSPS) is 21.9. The number of fused-ring (bicyclic) bond motifs is 1. The number of amides is 1. The predicted octanol–water partition coefficient (Wildman–Crippen LogP) is 2.26. The van der Waals surface area contributed by atoms with Gasteiger partial charge in [0.2, 0.25) is 5.91 Å². The summed E-state index contributed by atoms with van der Waals surface area (Å²) in [5, 5.41) is 9.31. The quantitative estimate of drug-likeness (QED) is 0.883. The molecule has 0 spiro atoms. The van der Waals surface area contributed by atoms with Crippen molar-refractivity contribution in [3.63, 3.8) is 0 Å². The number of aromatic nitrogens is 2. The van der Waals surface area contributed by atoms with Crippen LogP contribution in [0.5, 0.6) is 0 Å². The van der Waals surface area contributed by atoms with Gasteiger partial charge in [-0.15, -0.1) is 0 Å². The van der Waals surface area contributed by atoms with Crippen LogP contribution in [0.1, 0.15) is 25.5 Å². The molecule has 1 aromatic heterocycles. The van der Waals surface area contributed by atoms with Crippen LogP contribution in [0.2, 0.25) is 0 Å². The van der Waals surface area contributed by atoms with E-state index in [1.807, 2.05) is 29.2 Å². The van der Waals surface area contributed by atoms with E-state index in [9.17, 15) is 9.90 Å². The van der Waals surface area contributed by atoms with Crippen LogP contribution in [-0.4, -0.2) is 45.1 Å². The van der Waals surface area contributed by atoms with E-state index in [1.165, 1.54) is 0 Å². The van der Waals surface area contributed by atoms with Crippen molar-refractivity contribution in [1.29, 1.82) is 0 Å². The first-order chi connectivity index (χ1) is 11.2. The van der Waals surface area contributed by atoms with Crippen molar-refractivity contribution in [3.8, 4) is 0 Å². The number of aliphatic hydroxyl groups excluding tert-OH is 1. The van der Waals surface area contributed by atoms with Crippen LogP contribution in [0.15, 0.2) is 36.5 Å². The molecule has 0 saturated carbocycles. The first kappa shape index (κ1) is 15.6. The number of rotatable bonds is 3. The van der Waals surface area contributed by atoms with Crippen molar-refractivity contribution < 1.29 is 9.90 Å². The summed E-state index contributed by atoms with van der Waals surface area (Å²) in [6, 6.07) is 7.86. The molecule has 1 aromatic carbocycles. The van der Waals surface area contributed by atoms with Crippen LogP contribution in [0.25, 0.3) is 17.1 Å². The Morgan fingerprint density at radius 3 is 2.91 bits per heavy atom. The van der Waals surface area contributed by atoms with Gasteiger partial charge in [0, 0.05) is 25.3 Å². The highest BCUT2D eigenvalue weighted by Gasteiger charge is 2.27. The first-order valence-electron chi connectivity index (χ1n) is 7.98. The van der Waals surface area contributed by atoms with Crippen LogP contribution in [0, 0.1) is 5.92 Å². The molecule has 0 aliphatic carbocycles. The molecule has 23 heavy (non-hydrogen) atoms. The van der Waals surface area contributed by atoms with E-state index in [0.29, 0.717) is 12.2 Å². The lowest BCUT2D eigenvalue weighted by Crippen LogP contribution is -2.45. The van der Waals surface area contributed by atoms with E-state index < -0.39 is 0 Å². The van der Waals surface area contributed by atoms with Crippen LogP contribution in [0.4, 0.5) is 0 Å². The van der Waals surface area contributed by atoms with Gasteiger partial charge in [0.15, 0.2) is 0 Å². The SMILES string of the molecule is CC1CCC(CO)CN1C(=O)/C=C/c1cnc2ccccc2n1. The Kier molecular flexibility index (Phi) is 4.67. The zero-order valence-corrected chi connectivity index (χ0v) is 13.2. The molecule has 0 radical (unpaired) electrons. The van der Waals surface area contributed by atoms with Crippen molar-refractivity contribution in [2.24, 2.45) is 5.92 Å². The Morgan fingerprint density at radius 2 is 2.13 bits per heavy atom. The zero-order chi connectivity index (χ0) is 16.2. The van der Waals surface area contributed by atoms with Gasteiger partial charge in [-0.2, -0.15) is 0 Å². The molecule has 5 heteroatoms. The summed E-state index contributed by atoms with van der Waals surface area (Å²) in [7, 11) is 0. The van der Waals surface area contributed by atoms with Gasteiger partial charge in [0.05, 0.1) is 22.9 Å². The largest absolute Gasteiger partial charge is 0.396 e. The molecule has 1 aliphatic heterocycles. The van der Waals surface area contributed by atoms with E-state index in [-0.39, 0.29) is 24.5 Å². The molecule has 0 bridgehead atoms. The van der Waals surface area contributed by atoms with Gasteiger partial charge in [-0.1, -0.05) is 12.1 Å². The number of nitrogens with zero attached hydrogens (tertiary/aromatic N) is 3. The van der Waals surface area contributed by atoms with Crippen molar-refractivity contribution >= 4 is 23.0 Å². The fraction of sp³-hybridized carbons (Fsp3) is 0.389. The van der Waals surface area contributed by atoms with E-state index in [0.717, 1.165) is 23.9 Å². The Hall–Kier alpha value is -2.27. The molecular formula is C18H21N3O2. The van der Waals surface area contributed by atoms with Crippen molar-refractivity contribution in [2.75, 3.05) is 13.2 Å². The highest BCUT2D eigenvalue weighted by Crippen LogP contribution is 2.22. The van der Waals surface area contributed by atoms with E-state index in [1.54, 1.807) is 18.3 Å². The van der Waals surface area contributed by atoms with Crippen LogP contribution in [0.3, 0.4) is 0 Å². The number of hydrogen-bond donors (Lipinski definition) is 1. The summed E-state index contributed by atoms with van der Waals surface area (Å²) in [5.74, 6) is 0.148. The van der Waals surface area contributed by atoms with E-state index in [4.69, 9.17) is 0 Å². The summed E-state index contributed by atoms with van der Waals surface area (Å²) in [6.45, 7) is 2.80. The molecule has 1 saturated heterocycles. The van der Waals surface area contributed by atoms with Gasteiger partial charge in [-0.05, 0) is 43.9 Å². The monoisotopic (exact) mass is 311 g/mol. The maximum absolute atomic E-state index is 12.4. The Balaban J connectivity index is 1.73. The van der Waals surface area contributed by atoms with Crippen LogP contribution in [-0.2, 0) is 4.79 Å². The van der Waals surface area contributed by atoms with Crippen LogP contribution >= 0.6 is 0 Å². The fourth-order valence-corrected chi connectivity index (χ4v) is 2.94. The molecule has 3 rings (SSSR count). The molecule has 5 nitrogen and oxygen atoms in total. The number of piperidine rings is 1. The minimum absolute atomic E-state index is 0.0365. The third-order valence-electron chi connectivity index (χ3n) is 4.38. The molecular weight excluding hydrogens is 290 g/mol. The maximum atomic E-state index is 12.4. The average molecular weight is 311 g/mol. The smallest absolute Gasteiger partial charge is 0.246 e. The summed E-state index contributed by atoms with van der Waals surface area (Å²) in [4.78, 5) is 23.1. The lowest BCUT2D eigenvalue weighted by atomic mass is 9.94. The minimum Gasteiger partial charge on any atom is -0.396 e. The number of para-hydroxylation sites is 2. The molecule has 1 fully saturated rings. The predicted molar refractivity (Wildman–Crippen MR) is 89.6 cm³/mol. The number of aliphatic hydroxyl groups is 1. The van der Waals surface area contributed by atoms with Gasteiger partial charge in [0.1, 0.15) is 0 Å². The maximum Gasteiger partial charge on any atom is 0.246 e. The Bertz CT molecular complexity index is 729. The number of likely N-dealkylation sites (tertiary alicyclic amines) is 1. The Labute approximate surface area is 135 Å². The third kappa shape index (κ3) is 3.56. The zero-order valence-electron chi connectivity index (χ0n) is 13.2. The number of carbonyl (C=O) groups is 1. The van der Waals surface area contributed by atoms with Gasteiger partial charge in [-0.3, -0.25) is 9.78 Å². The Morgan fingerprint density at radius 1 is 1.35 bits per heavy atom. The van der Waals surface area contributed by atoms with Crippen LogP contribution < -0.4 is 0 Å². The second kappa shape index (κ2) is 6.87. The summed E-state index contributed by atoms with van der Waals surface area (Å²) >= 11 is 0. The molecule has 2 unspecified atom stereocenters. The van der Waals surface area contributed by atoms with Gasteiger partial charge in [0.25, 0.3) is 0 Å². The lowest BCUT2D eigenvalue weighted by molar-refractivity contribution is -0.130. The van der Waals surface area contributed by atoms with Crippen molar-refractivity contribution in [1.82, 2.24) is 14.9 Å². The third-order valence-corrected chi connectivity index (χ3v) is 4.38. The van der Waals surface area contributed by atoms with E-state index in [2.05, 4.69) is 16.9 Å². The molecule has 120 valence electrons. The summed E-state index contributed by atoms with van der Waals surface area (Å²) in [5.41, 5.74) is 2.32. The standard InChI is InChI=1S/C18H21N3O2/c1-13-6-7-14(12-22)11-21(13)18(23)9-8-15-10-19-16-4-2-3-5-17(16)20-15/h2-5,8-10,13-14,22H,6-7,11-12H2,1H3/b9-8+. The van der Waals surface area contributed by atoms with Crippen molar-refractivity contribution in [2.45, 2.75) is 25.8 Å². The molecule has 2 heterocycles. The van der Waals surface area contributed by atoms with Gasteiger partial charge < -0.3 is 10.0 Å². The van der Waals surface area contributed by atoms with E-state index >= 15 is 0 Å². The molecule has 2 aromatic rings. The topological polar surface area (TPSA) is 66.3 Å². The van der Waals surface area contributed by atoms with Gasteiger partial charge >= 0.3 is 0 Å². The molecule has 2 atom stereocenters. The summed E-state index contributed by atoms with van der Waals surface area (Å²) in [6.07, 6.45) is 6.83. The highest BCUT2D eigenvalue weighted by atomic mass is 16.3. The number of benzene rings is 1. The minimum atomic E-state index is -0.0365. The second-order valence-corrected chi connectivity index (χ2v) is 6.08. The summed E-state index contributed by atoms with van der Waals surface area (Å²) < 4.78 is 0. The fourth-order valence-electron chi connectivity index (χ4n) is 2.94. The molecule has 1 amide bonds. The highest BCUT2D eigenvalue weighted by molar-refractivity contribution is 5.92. The van der Waals surface area contributed by atoms with Crippen molar-refractivity contribution in [3.05, 3.63) is 42.2 Å². The number of hydrogen-bond acceptors (Lipinski definition) is 4. The molecule has 1 N–H and O–H groups in total. The number of carbonyl (C=O) groups excluding carboxylic acids is 1.